The Balaban J connectivity index is 2.04. The zero-order valence-electron chi connectivity index (χ0n) is 13.4. The van der Waals surface area contributed by atoms with Crippen LogP contribution in [-0.2, 0) is 9.59 Å². The Morgan fingerprint density at radius 2 is 1.75 bits per heavy atom. The lowest BCUT2D eigenvalue weighted by molar-refractivity contribution is -0.173. The average Bonchev–Trinajstić information content (AvgIpc) is 2.51. The maximum Gasteiger partial charge on any atom is 0.471 e. The van der Waals surface area contributed by atoms with E-state index in [2.05, 4.69) is 5.32 Å². The van der Waals surface area contributed by atoms with Gasteiger partial charge in [0.15, 0.2) is 0 Å². The summed E-state index contributed by atoms with van der Waals surface area (Å²) in [6.45, 7) is 2.39. The fourth-order valence-corrected chi connectivity index (χ4v) is 1.84. The fourth-order valence-electron chi connectivity index (χ4n) is 1.84. The number of hydrogen-bond acceptors (Lipinski definition) is 3. The van der Waals surface area contributed by atoms with Crippen LogP contribution in [0.4, 0.5) is 13.2 Å². The van der Waals surface area contributed by atoms with Gasteiger partial charge in [0.1, 0.15) is 5.75 Å². The molecule has 0 fully saturated rings. The third-order valence-electron chi connectivity index (χ3n) is 3.12. The lowest BCUT2D eigenvalue weighted by Gasteiger charge is -2.09. The highest BCUT2D eigenvalue weighted by molar-refractivity contribution is 5.81. The highest BCUT2D eigenvalue weighted by atomic mass is 19.4. The van der Waals surface area contributed by atoms with E-state index in [9.17, 15) is 22.8 Å². The zero-order chi connectivity index (χ0) is 18.0. The third-order valence-corrected chi connectivity index (χ3v) is 3.12. The minimum absolute atomic E-state index is 0.144. The van der Waals surface area contributed by atoms with Crippen molar-refractivity contribution in [3.8, 4) is 5.75 Å². The number of hydrogen-bond donors (Lipinski definition) is 2. The maximum atomic E-state index is 11.9. The van der Waals surface area contributed by atoms with Gasteiger partial charge in [0.2, 0.25) is 5.91 Å². The van der Waals surface area contributed by atoms with Crippen molar-refractivity contribution >= 4 is 11.8 Å². The Hall–Kier alpha value is -2.25. The van der Waals surface area contributed by atoms with Crippen molar-refractivity contribution < 1.29 is 27.5 Å². The molecule has 2 N–H and O–H groups in total. The van der Waals surface area contributed by atoms with Crippen LogP contribution in [-0.4, -0.2) is 37.7 Å². The molecule has 1 aromatic rings. The molecule has 0 bridgehead atoms. The minimum Gasteiger partial charge on any atom is -0.493 e. The summed E-state index contributed by atoms with van der Waals surface area (Å²) < 4.78 is 41.3. The van der Waals surface area contributed by atoms with E-state index < -0.39 is 12.1 Å². The Morgan fingerprint density at radius 3 is 2.42 bits per heavy atom. The predicted octanol–water partition coefficient (Wildman–Crippen LogP) is 2.34. The summed E-state index contributed by atoms with van der Waals surface area (Å²) in [4.78, 5) is 22.1. The molecular weight excluding hydrogens is 325 g/mol. The van der Waals surface area contributed by atoms with E-state index in [0.29, 0.717) is 13.0 Å². The molecule has 0 unspecified atom stereocenters. The van der Waals surface area contributed by atoms with Gasteiger partial charge in [-0.1, -0.05) is 18.2 Å². The molecule has 0 aromatic heterocycles. The van der Waals surface area contributed by atoms with Crippen molar-refractivity contribution in [2.75, 3.05) is 19.7 Å². The van der Waals surface area contributed by atoms with Crippen LogP contribution in [0.3, 0.4) is 0 Å². The van der Waals surface area contributed by atoms with E-state index in [1.54, 1.807) is 5.32 Å². The number of rotatable bonds is 9. The Bertz CT molecular complexity index is 548. The van der Waals surface area contributed by atoms with Gasteiger partial charge >= 0.3 is 12.1 Å². The van der Waals surface area contributed by atoms with Crippen LogP contribution >= 0.6 is 0 Å². The summed E-state index contributed by atoms with van der Waals surface area (Å²) in [5.41, 5.74) is 1.02. The first-order valence-electron chi connectivity index (χ1n) is 7.61. The molecule has 24 heavy (non-hydrogen) atoms. The first-order valence-corrected chi connectivity index (χ1v) is 7.61. The zero-order valence-corrected chi connectivity index (χ0v) is 13.4. The van der Waals surface area contributed by atoms with Crippen molar-refractivity contribution in [1.29, 1.82) is 0 Å². The molecule has 1 aromatic carbocycles. The molecule has 0 aliphatic heterocycles. The van der Waals surface area contributed by atoms with Crippen LogP contribution in [0.15, 0.2) is 24.3 Å². The molecule has 5 nitrogen and oxygen atoms in total. The van der Waals surface area contributed by atoms with E-state index in [4.69, 9.17) is 4.74 Å². The van der Waals surface area contributed by atoms with Gasteiger partial charge in [0, 0.05) is 19.5 Å². The van der Waals surface area contributed by atoms with E-state index in [1.807, 2.05) is 31.2 Å². The molecule has 0 saturated carbocycles. The normalized spacial score (nSPS) is 11.0. The van der Waals surface area contributed by atoms with E-state index in [0.717, 1.165) is 11.3 Å². The van der Waals surface area contributed by atoms with Gasteiger partial charge in [0.05, 0.1) is 6.61 Å². The van der Waals surface area contributed by atoms with Gasteiger partial charge < -0.3 is 15.4 Å². The summed E-state index contributed by atoms with van der Waals surface area (Å²) in [5.74, 6) is -1.40. The van der Waals surface area contributed by atoms with Crippen molar-refractivity contribution in [2.45, 2.75) is 32.4 Å². The largest absolute Gasteiger partial charge is 0.493 e. The molecule has 134 valence electrons. The number of carbonyl (C=O) groups is 2. The minimum atomic E-state index is -4.87. The van der Waals surface area contributed by atoms with E-state index >= 15 is 0 Å². The molecular formula is C16H21F3N2O3. The molecule has 1 rings (SSSR count). The molecule has 0 heterocycles. The number of nitrogens with one attached hydrogen (secondary N) is 2. The van der Waals surface area contributed by atoms with Crippen LogP contribution in [0.25, 0.3) is 0 Å². The van der Waals surface area contributed by atoms with Gasteiger partial charge in [-0.3, -0.25) is 9.59 Å². The lowest BCUT2D eigenvalue weighted by Crippen LogP contribution is -2.38. The highest BCUT2D eigenvalue weighted by Gasteiger charge is 2.38. The van der Waals surface area contributed by atoms with Crippen molar-refractivity contribution in [3.05, 3.63) is 29.8 Å². The molecule has 0 aliphatic carbocycles. The Kier molecular flexibility index (Phi) is 8.08. The van der Waals surface area contributed by atoms with Crippen LogP contribution in [0.1, 0.15) is 24.8 Å². The van der Waals surface area contributed by atoms with Gasteiger partial charge in [-0.15, -0.1) is 0 Å². The Morgan fingerprint density at radius 1 is 1.08 bits per heavy atom. The maximum absolute atomic E-state index is 11.9. The third kappa shape index (κ3) is 7.85. The second kappa shape index (κ2) is 9.79. The first-order chi connectivity index (χ1) is 11.3. The number of ether oxygens (including phenoxy) is 1. The second-order valence-corrected chi connectivity index (χ2v) is 5.17. The molecule has 8 heteroatoms. The van der Waals surface area contributed by atoms with E-state index in [1.165, 1.54) is 0 Å². The van der Waals surface area contributed by atoms with E-state index in [-0.39, 0.29) is 31.8 Å². The van der Waals surface area contributed by atoms with Gasteiger partial charge in [0.25, 0.3) is 0 Å². The first kappa shape index (κ1) is 19.8. The summed E-state index contributed by atoms with van der Waals surface area (Å²) in [6, 6.07) is 7.56. The summed E-state index contributed by atoms with van der Waals surface area (Å²) in [5, 5.41) is 4.31. The fraction of sp³-hybridized carbons (Fsp3) is 0.500. The Labute approximate surface area is 138 Å². The van der Waals surface area contributed by atoms with Crippen LogP contribution in [0, 0.1) is 6.92 Å². The number of halogens is 3. The summed E-state index contributed by atoms with van der Waals surface area (Å²) in [6.07, 6.45) is -3.85. The number of para-hydroxylation sites is 1. The number of carbonyl (C=O) groups excluding carboxylic acids is 2. The predicted molar refractivity (Wildman–Crippen MR) is 82.6 cm³/mol. The quantitative estimate of drug-likeness (QED) is 0.675. The van der Waals surface area contributed by atoms with Crippen molar-refractivity contribution in [1.82, 2.24) is 10.6 Å². The number of aryl methyl sites for hydroxylation is 1. The molecule has 0 atom stereocenters. The number of benzene rings is 1. The number of amides is 2. The lowest BCUT2D eigenvalue weighted by atomic mass is 10.2. The van der Waals surface area contributed by atoms with Gasteiger partial charge in [-0.25, -0.2) is 0 Å². The van der Waals surface area contributed by atoms with Crippen molar-refractivity contribution in [3.63, 3.8) is 0 Å². The molecule has 0 saturated heterocycles. The van der Waals surface area contributed by atoms with Crippen LogP contribution < -0.4 is 15.4 Å². The molecule has 2 amide bonds. The van der Waals surface area contributed by atoms with Crippen molar-refractivity contribution in [2.24, 2.45) is 0 Å². The smallest absolute Gasteiger partial charge is 0.471 e. The monoisotopic (exact) mass is 346 g/mol. The van der Waals surface area contributed by atoms with Gasteiger partial charge in [-0.05, 0) is 31.4 Å². The molecule has 0 spiro atoms. The standard InChI is InChI=1S/C16H21F3N2O3/c1-12-6-2-3-7-13(12)24-11-4-8-14(22)20-9-5-10-21-15(23)16(17,18)19/h2-3,6-7H,4-5,8-11H2,1H3,(H,20,22)(H,21,23). The summed E-state index contributed by atoms with van der Waals surface area (Å²) in [7, 11) is 0. The molecule has 0 aliphatic rings. The second-order valence-electron chi connectivity index (χ2n) is 5.17. The highest BCUT2D eigenvalue weighted by Crippen LogP contribution is 2.16. The summed E-state index contributed by atoms with van der Waals surface area (Å²) >= 11 is 0. The number of alkyl halides is 3. The van der Waals surface area contributed by atoms with Gasteiger partial charge in [-0.2, -0.15) is 13.2 Å². The topological polar surface area (TPSA) is 67.4 Å². The molecule has 0 radical (unpaired) electrons. The SMILES string of the molecule is Cc1ccccc1OCCCC(=O)NCCCNC(=O)C(F)(F)F. The van der Waals surface area contributed by atoms with Crippen LogP contribution in [0.2, 0.25) is 0 Å². The van der Waals surface area contributed by atoms with Crippen LogP contribution in [0.5, 0.6) is 5.75 Å². The average molecular weight is 346 g/mol.